The molecule has 9 heteroatoms. The molecule has 0 unspecified atom stereocenters. The van der Waals surface area contributed by atoms with Crippen LogP contribution < -0.4 is 19.9 Å². The number of benzene rings is 2. The average molecular weight is 434 g/mol. The molecule has 2 aromatic rings. The van der Waals surface area contributed by atoms with Crippen molar-refractivity contribution in [3.8, 4) is 11.5 Å². The third-order valence-corrected chi connectivity index (χ3v) is 6.75. The molecule has 0 saturated carbocycles. The van der Waals surface area contributed by atoms with Crippen LogP contribution in [-0.4, -0.2) is 52.5 Å². The summed E-state index contributed by atoms with van der Waals surface area (Å²) in [5.41, 5.74) is 1.03. The molecule has 1 heterocycles. The number of ether oxygens (including phenoxy) is 2. The Morgan fingerprint density at radius 3 is 2.30 bits per heavy atom. The number of hydrogen-bond donors (Lipinski definition) is 2. The lowest BCUT2D eigenvalue weighted by atomic mass is 9.73. The first-order chi connectivity index (χ1) is 14.3. The van der Waals surface area contributed by atoms with Crippen molar-refractivity contribution < 1.29 is 22.7 Å². The summed E-state index contributed by atoms with van der Waals surface area (Å²) in [5.74, 6) is 0.564. The fourth-order valence-electron chi connectivity index (χ4n) is 3.94. The highest BCUT2D eigenvalue weighted by atomic mass is 32.2. The van der Waals surface area contributed by atoms with Crippen molar-refractivity contribution in [2.45, 2.75) is 18.3 Å². The maximum atomic E-state index is 13.0. The number of rotatable bonds is 7. The molecule has 0 aromatic heterocycles. The molecule has 0 aliphatic carbocycles. The first kappa shape index (κ1) is 22.1. The number of hydrogen-bond acceptors (Lipinski definition) is 5. The van der Waals surface area contributed by atoms with Gasteiger partial charge in [0.1, 0.15) is 0 Å². The lowest BCUT2D eigenvalue weighted by Gasteiger charge is -2.41. The molecule has 1 fully saturated rings. The molecule has 1 saturated heterocycles. The SMILES string of the molecule is COc1cccc(C(=O)NCC2(c3ccccc3)CCN(S(N)(=O)=O)CC2)c1OC. The summed E-state index contributed by atoms with van der Waals surface area (Å²) in [6.07, 6.45) is 1.09. The molecule has 3 N–H and O–H groups in total. The van der Waals surface area contributed by atoms with Gasteiger partial charge in [0.15, 0.2) is 11.5 Å². The number of methoxy groups -OCH3 is 2. The van der Waals surface area contributed by atoms with Gasteiger partial charge < -0.3 is 14.8 Å². The molecule has 2 aromatic carbocycles. The molecule has 8 nitrogen and oxygen atoms in total. The van der Waals surface area contributed by atoms with Gasteiger partial charge in [-0.05, 0) is 30.5 Å². The predicted octanol–water partition coefficient (Wildman–Crippen LogP) is 1.67. The highest BCUT2D eigenvalue weighted by Gasteiger charge is 2.39. The van der Waals surface area contributed by atoms with E-state index in [0.717, 1.165) is 5.56 Å². The Hall–Kier alpha value is -2.62. The summed E-state index contributed by atoms with van der Waals surface area (Å²) in [6.45, 7) is 0.951. The number of nitrogens with zero attached hydrogens (tertiary/aromatic N) is 1. The summed E-state index contributed by atoms with van der Waals surface area (Å²) >= 11 is 0. The summed E-state index contributed by atoms with van der Waals surface area (Å²) in [7, 11) is -0.727. The summed E-state index contributed by atoms with van der Waals surface area (Å²) in [5, 5.41) is 8.31. The minimum Gasteiger partial charge on any atom is -0.493 e. The highest BCUT2D eigenvalue weighted by Crippen LogP contribution is 2.36. The zero-order valence-electron chi connectivity index (χ0n) is 17.1. The zero-order valence-corrected chi connectivity index (χ0v) is 17.9. The van der Waals surface area contributed by atoms with E-state index >= 15 is 0 Å². The van der Waals surface area contributed by atoms with Gasteiger partial charge in [-0.3, -0.25) is 4.79 Å². The van der Waals surface area contributed by atoms with Crippen LogP contribution in [0, 0.1) is 0 Å². The van der Waals surface area contributed by atoms with Gasteiger partial charge in [0, 0.05) is 25.0 Å². The van der Waals surface area contributed by atoms with Crippen LogP contribution in [0.15, 0.2) is 48.5 Å². The lowest BCUT2D eigenvalue weighted by Crippen LogP contribution is -2.51. The number of amides is 1. The largest absolute Gasteiger partial charge is 0.493 e. The third-order valence-electron chi connectivity index (χ3n) is 5.66. The molecule has 1 amide bonds. The van der Waals surface area contributed by atoms with Crippen molar-refractivity contribution in [2.75, 3.05) is 33.9 Å². The van der Waals surface area contributed by atoms with E-state index in [1.54, 1.807) is 18.2 Å². The quantitative estimate of drug-likeness (QED) is 0.690. The van der Waals surface area contributed by atoms with E-state index in [-0.39, 0.29) is 5.91 Å². The molecular formula is C21H27N3O5S. The van der Waals surface area contributed by atoms with E-state index < -0.39 is 15.6 Å². The fourth-order valence-corrected chi connectivity index (χ4v) is 4.63. The van der Waals surface area contributed by atoms with Crippen molar-refractivity contribution in [1.82, 2.24) is 9.62 Å². The topological polar surface area (TPSA) is 111 Å². The molecule has 1 aliphatic rings. The minimum atomic E-state index is -3.73. The van der Waals surface area contributed by atoms with E-state index in [0.29, 0.717) is 49.5 Å². The number of carbonyl (C=O) groups excluding carboxylic acids is 1. The van der Waals surface area contributed by atoms with Gasteiger partial charge in [0.25, 0.3) is 16.1 Å². The summed E-state index contributed by atoms with van der Waals surface area (Å²) in [4.78, 5) is 13.0. The minimum absolute atomic E-state index is 0.282. The number of nitrogens with one attached hydrogen (secondary N) is 1. The van der Waals surface area contributed by atoms with Crippen LogP contribution in [0.4, 0.5) is 0 Å². The third kappa shape index (κ3) is 4.58. The first-order valence-electron chi connectivity index (χ1n) is 9.63. The first-order valence-corrected chi connectivity index (χ1v) is 11.1. The van der Waals surface area contributed by atoms with E-state index in [4.69, 9.17) is 14.6 Å². The van der Waals surface area contributed by atoms with Gasteiger partial charge in [-0.15, -0.1) is 0 Å². The number of nitrogens with two attached hydrogens (primary N) is 1. The summed E-state index contributed by atoms with van der Waals surface area (Å²) in [6, 6.07) is 14.9. The van der Waals surface area contributed by atoms with Crippen LogP contribution in [0.2, 0.25) is 0 Å². The molecule has 3 rings (SSSR count). The van der Waals surface area contributed by atoms with Crippen LogP contribution in [0.1, 0.15) is 28.8 Å². The van der Waals surface area contributed by atoms with Gasteiger partial charge in [-0.25, -0.2) is 5.14 Å². The van der Waals surface area contributed by atoms with Crippen molar-refractivity contribution >= 4 is 16.1 Å². The van der Waals surface area contributed by atoms with E-state index in [1.807, 2.05) is 30.3 Å². The Bertz CT molecular complexity index is 987. The Morgan fingerprint density at radius 2 is 1.73 bits per heavy atom. The second-order valence-electron chi connectivity index (χ2n) is 7.31. The molecule has 0 spiro atoms. The normalized spacial score (nSPS) is 16.6. The standard InChI is InChI=1S/C21H27N3O5S/c1-28-18-10-6-9-17(19(18)29-2)20(25)23-15-21(16-7-4-3-5-8-16)11-13-24(14-12-21)30(22,26)27/h3-10H,11-15H2,1-2H3,(H,23,25)(H2,22,26,27). The van der Waals surface area contributed by atoms with Crippen LogP contribution in [0.25, 0.3) is 0 Å². The maximum Gasteiger partial charge on any atom is 0.276 e. The molecular weight excluding hydrogens is 406 g/mol. The van der Waals surface area contributed by atoms with Gasteiger partial charge in [0.2, 0.25) is 0 Å². The van der Waals surface area contributed by atoms with Crippen LogP contribution >= 0.6 is 0 Å². The van der Waals surface area contributed by atoms with Crippen LogP contribution in [0.3, 0.4) is 0 Å². The zero-order chi connectivity index (χ0) is 21.8. The Balaban J connectivity index is 1.83. The number of piperidine rings is 1. The molecule has 0 bridgehead atoms. The Kier molecular flexibility index (Phi) is 6.64. The van der Waals surface area contributed by atoms with Crippen molar-refractivity contribution in [3.05, 3.63) is 59.7 Å². The van der Waals surface area contributed by atoms with Crippen molar-refractivity contribution in [2.24, 2.45) is 5.14 Å². The van der Waals surface area contributed by atoms with Gasteiger partial charge >= 0.3 is 0 Å². The predicted molar refractivity (Wildman–Crippen MR) is 114 cm³/mol. The molecule has 162 valence electrons. The monoisotopic (exact) mass is 433 g/mol. The maximum absolute atomic E-state index is 13.0. The molecule has 1 aliphatic heterocycles. The average Bonchev–Trinajstić information content (AvgIpc) is 2.77. The van der Waals surface area contributed by atoms with Crippen LogP contribution in [-0.2, 0) is 15.6 Å². The second-order valence-corrected chi connectivity index (χ2v) is 8.86. The van der Waals surface area contributed by atoms with Crippen molar-refractivity contribution in [1.29, 1.82) is 0 Å². The molecule has 0 atom stereocenters. The number of para-hydroxylation sites is 1. The number of carbonyl (C=O) groups is 1. The smallest absolute Gasteiger partial charge is 0.276 e. The van der Waals surface area contributed by atoms with E-state index in [9.17, 15) is 13.2 Å². The molecule has 0 radical (unpaired) electrons. The van der Waals surface area contributed by atoms with Gasteiger partial charge in [0.05, 0.1) is 19.8 Å². The molecule has 30 heavy (non-hydrogen) atoms. The summed E-state index contributed by atoms with van der Waals surface area (Å²) < 4.78 is 35.4. The van der Waals surface area contributed by atoms with Gasteiger partial charge in [-0.2, -0.15) is 12.7 Å². The van der Waals surface area contributed by atoms with E-state index in [2.05, 4.69) is 5.32 Å². The second kappa shape index (κ2) is 9.03. The van der Waals surface area contributed by atoms with Gasteiger partial charge in [-0.1, -0.05) is 36.4 Å². The van der Waals surface area contributed by atoms with Crippen molar-refractivity contribution in [3.63, 3.8) is 0 Å². The Morgan fingerprint density at radius 1 is 1.07 bits per heavy atom. The fraction of sp³-hybridized carbons (Fsp3) is 0.381. The highest BCUT2D eigenvalue weighted by molar-refractivity contribution is 7.86. The van der Waals surface area contributed by atoms with E-state index in [1.165, 1.54) is 18.5 Å². The lowest BCUT2D eigenvalue weighted by molar-refractivity contribution is 0.0929. The Labute approximate surface area is 177 Å². The van der Waals surface area contributed by atoms with Crippen LogP contribution in [0.5, 0.6) is 11.5 Å².